The molecule has 3 nitrogen and oxygen atoms in total. The molecule has 1 aromatic heterocycles. The highest BCUT2D eigenvalue weighted by Gasteiger charge is 2.28. The Balaban J connectivity index is 2.15. The molecule has 2 atom stereocenters. The van der Waals surface area contributed by atoms with Gasteiger partial charge >= 0.3 is 0 Å². The Hall–Kier alpha value is -0.830. The van der Waals surface area contributed by atoms with Crippen molar-refractivity contribution in [3.8, 4) is 0 Å². The Morgan fingerprint density at radius 2 is 2.35 bits per heavy atom. The zero-order chi connectivity index (χ0) is 12.3. The molecular weight excluding hydrogens is 210 g/mol. The third kappa shape index (κ3) is 2.89. The van der Waals surface area contributed by atoms with Crippen LogP contribution in [0.4, 0.5) is 0 Å². The van der Waals surface area contributed by atoms with Crippen molar-refractivity contribution < 1.29 is 0 Å². The zero-order valence-corrected chi connectivity index (χ0v) is 11.3. The first-order chi connectivity index (χ1) is 8.22. The summed E-state index contributed by atoms with van der Waals surface area (Å²) in [5.41, 5.74) is 1.44. The Morgan fingerprint density at radius 3 is 3.06 bits per heavy atom. The van der Waals surface area contributed by atoms with E-state index in [9.17, 15) is 0 Å². The van der Waals surface area contributed by atoms with Crippen molar-refractivity contribution in [2.75, 3.05) is 13.1 Å². The van der Waals surface area contributed by atoms with E-state index < -0.39 is 0 Å². The Bertz CT molecular complexity index is 343. The van der Waals surface area contributed by atoms with Gasteiger partial charge in [0.2, 0.25) is 0 Å². The second-order valence-electron chi connectivity index (χ2n) is 5.59. The maximum Gasteiger partial charge on any atom is 0.0948 e. The monoisotopic (exact) mass is 235 g/mol. The molecule has 1 N–H and O–H groups in total. The fourth-order valence-corrected chi connectivity index (χ4v) is 3.07. The molecular formula is C14H25N3. The van der Waals surface area contributed by atoms with Crippen molar-refractivity contribution in [3.63, 3.8) is 0 Å². The molecule has 17 heavy (non-hydrogen) atoms. The average Bonchev–Trinajstić information content (AvgIpc) is 2.77. The van der Waals surface area contributed by atoms with Crippen LogP contribution in [0.2, 0.25) is 0 Å². The number of hydrogen-bond donors (Lipinski definition) is 1. The number of aryl methyl sites for hydroxylation is 1. The van der Waals surface area contributed by atoms with Gasteiger partial charge < -0.3 is 9.88 Å². The lowest BCUT2D eigenvalue weighted by Gasteiger charge is -2.33. The quantitative estimate of drug-likeness (QED) is 0.869. The van der Waals surface area contributed by atoms with E-state index in [4.69, 9.17) is 0 Å². The molecule has 0 saturated carbocycles. The number of aromatic nitrogens is 2. The van der Waals surface area contributed by atoms with Crippen LogP contribution in [0.5, 0.6) is 0 Å². The highest BCUT2D eigenvalue weighted by atomic mass is 15.0. The summed E-state index contributed by atoms with van der Waals surface area (Å²) < 4.78 is 2.31. The summed E-state index contributed by atoms with van der Waals surface area (Å²) in [5, 5.41) is 3.54. The Kier molecular flexibility index (Phi) is 4.21. The van der Waals surface area contributed by atoms with Crippen LogP contribution in [0.25, 0.3) is 0 Å². The summed E-state index contributed by atoms with van der Waals surface area (Å²) in [4.78, 5) is 4.32. The smallest absolute Gasteiger partial charge is 0.0948 e. The van der Waals surface area contributed by atoms with Crippen LogP contribution in [0.3, 0.4) is 0 Å². The van der Waals surface area contributed by atoms with Gasteiger partial charge in [0.25, 0.3) is 0 Å². The molecule has 1 aromatic rings. The van der Waals surface area contributed by atoms with Gasteiger partial charge in [-0.2, -0.15) is 0 Å². The number of piperidine rings is 1. The molecule has 0 amide bonds. The fraction of sp³-hybridized carbons (Fsp3) is 0.786. The number of nitrogens with zero attached hydrogens (tertiary/aromatic N) is 2. The van der Waals surface area contributed by atoms with Gasteiger partial charge in [-0.3, -0.25) is 0 Å². The van der Waals surface area contributed by atoms with Gasteiger partial charge in [0.1, 0.15) is 0 Å². The predicted octanol–water partition coefficient (Wildman–Crippen LogP) is 2.64. The number of imidazole rings is 1. The largest absolute Gasteiger partial charge is 0.335 e. The second-order valence-corrected chi connectivity index (χ2v) is 5.59. The molecule has 0 aromatic carbocycles. The molecule has 1 fully saturated rings. The second kappa shape index (κ2) is 5.67. The van der Waals surface area contributed by atoms with Crippen molar-refractivity contribution in [1.29, 1.82) is 0 Å². The third-order valence-electron chi connectivity index (χ3n) is 3.85. The fourth-order valence-electron chi connectivity index (χ4n) is 3.07. The van der Waals surface area contributed by atoms with Gasteiger partial charge in [-0.05, 0) is 44.7 Å². The standard InChI is InChI=1S/C14H25N3/c1-4-17-10-16-9-14(17)13-5-6-15-8-12(13)7-11(2)3/h9-13,15H,4-8H2,1-3H3. The number of rotatable bonds is 4. The van der Waals surface area contributed by atoms with E-state index in [1.54, 1.807) is 0 Å². The maximum absolute atomic E-state index is 4.32. The zero-order valence-electron chi connectivity index (χ0n) is 11.3. The van der Waals surface area contributed by atoms with E-state index in [2.05, 4.69) is 41.8 Å². The SMILES string of the molecule is CCn1cncc1C1CCNCC1CC(C)C. The summed E-state index contributed by atoms with van der Waals surface area (Å²) in [6.07, 6.45) is 6.62. The van der Waals surface area contributed by atoms with Crippen LogP contribution < -0.4 is 5.32 Å². The van der Waals surface area contributed by atoms with Crippen molar-refractivity contribution >= 4 is 0 Å². The molecule has 0 spiro atoms. The van der Waals surface area contributed by atoms with Gasteiger partial charge in [0.15, 0.2) is 0 Å². The number of nitrogens with one attached hydrogen (secondary N) is 1. The molecule has 2 rings (SSSR count). The topological polar surface area (TPSA) is 29.9 Å². The molecule has 1 aliphatic rings. The molecule has 0 radical (unpaired) electrons. The molecule has 0 bridgehead atoms. The first-order valence-corrected chi connectivity index (χ1v) is 6.93. The molecule has 96 valence electrons. The normalized spacial score (nSPS) is 25.4. The molecule has 3 heteroatoms. The lowest BCUT2D eigenvalue weighted by molar-refractivity contribution is 0.272. The predicted molar refractivity (Wildman–Crippen MR) is 71.1 cm³/mol. The third-order valence-corrected chi connectivity index (χ3v) is 3.85. The van der Waals surface area contributed by atoms with E-state index in [1.165, 1.54) is 18.5 Å². The Labute approximate surface area is 105 Å². The van der Waals surface area contributed by atoms with Crippen LogP contribution in [0, 0.1) is 11.8 Å². The van der Waals surface area contributed by atoms with Crippen molar-refractivity contribution in [2.45, 2.75) is 46.1 Å². The maximum atomic E-state index is 4.32. The average molecular weight is 235 g/mol. The van der Waals surface area contributed by atoms with Crippen LogP contribution >= 0.6 is 0 Å². The van der Waals surface area contributed by atoms with E-state index in [1.807, 2.05) is 6.33 Å². The lowest BCUT2D eigenvalue weighted by atomic mass is 9.79. The molecule has 1 aliphatic heterocycles. The minimum absolute atomic E-state index is 0.695. The highest BCUT2D eigenvalue weighted by molar-refractivity contribution is 5.10. The van der Waals surface area contributed by atoms with Crippen molar-refractivity contribution in [1.82, 2.24) is 14.9 Å². The van der Waals surface area contributed by atoms with Crippen LogP contribution in [-0.4, -0.2) is 22.6 Å². The lowest BCUT2D eigenvalue weighted by Crippen LogP contribution is -2.36. The summed E-state index contributed by atoms with van der Waals surface area (Å²) in [6, 6.07) is 0. The molecule has 2 heterocycles. The first kappa shape index (κ1) is 12.6. The minimum atomic E-state index is 0.695. The molecule has 2 unspecified atom stereocenters. The van der Waals surface area contributed by atoms with Crippen LogP contribution in [-0.2, 0) is 6.54 Å². The summed E-state index contributed by atoms with van der Waals surface area (Å²) in [7, 11) is 0. The van der Waals surface area contributed by atoms with Crippen molar-refractivity contribution in [3.05, 3.63) is 18.2 Å². The number of hydrogen-bond acceptors (Lipinski definition) is 2. The van der Waals surface area contributed by atoms with E-state index in [0.29, 0.717) is 5.92 Å². The summed E-state index contributed by atoms with van der Waals surface area (Å²) in [5.74, 6) is 2.24. The first-order valence-electron chi connectivity index (χ1n) is 6.93. The van der Waals surface area contributed by atoms with Gasteiger partial charge in [-0.1, -0.05) is 13.8 Å². The van der Waals surface area contributed by atoms with E-state index >= 15 is 0 Å². The van der Waals surface area contributed by atoms with Crippen LogP contribution in [0.15, 0.2) is 12.5 Å². The molecule has 1 saturated heterocycles. The van der Waals surface area contributed by atoms with Gasteiger partial charge in [0, 0.05) is 24.4 Å². The van der Waals surface area contributed by atoms with Crippen molar-refractivity contribution in [2.24, 2.45) is 11.8 Å². The summed E-state index contributed by atoms with van der Waals surface area (Å²) >= 11 is 0. The Morgan fingerprint density at radius 1 is 1.53 bits per heavy atom. The van der Waals surface area contributed by atoms with Crippen LogP contribution in [0.1, 0.15) is 45.2 Å². The van der Waals surface area contributed by atoms with E-state index in [-0.39, 0.29) is 0 Å². The summed E-state index contributed by atoms with van der Waals surface area (Å²) in [6.45, 7) is 10.2. The van der Waals surface area contributed by atoms with E-state index in [0.717, 1.165) is 31.5 Å². The van der Waals surface area contributed by atoms with Gasteiger partial charge in [-0.25, -0.2) is 4.98 Å². The molecule has 0 aliphatic carbocycles. The van der Waals surface area contributed by atoms with Gasteiger partial charge in [-0.15, -0.1) is 0 Å². The van der Waals surface area contributed by atoms with Gasteiger partial charge in [0.05, 0.1) is 6.33 Å². The highest BCUT2D eigenvalue weighted by Crippen LogP contribution is 2.33. The minimum Gasteiger partial charge on any atom is -0.335 e.